The van der Waals surface area contributed by atoms with Crippen LogP contribution in [-0.4, -0.2) is 36.1 Å². The van der Waals surface area contributed by atoms with Crippen LogP contribution in [0.3, 0.4) is 0 Å². The number of hydrogen-bond donors (Lipinski definition) is 4. The number of hydrogen-bond acceptors (Lipinski definition) is 5. The first-order valence-electron chi connectivity index (χ1n) is 8.35. The van der Waals surface area contributed by atoms with Crippen molar-refractivity contribution >= 4 is 29.0 Å². The molecule has 0 radical (unpaired) electrons. The van der Waals surface area contributed by atoms with Crippen molar-refractivity contribution in [3.8, 4) is 11.8 Å². The van der Waals surface area contributed by atoms with Crippen LogP contribution in [0.1, 0.15) is 33.0 Å². The maximum Gasteiger partial charge on any atom is 0.316 e. The molecular formula is C18H18FN5O2S. The van der Waals surface area contributed by atoms with Gasteiger partial charge in [-0.2, -0.15) is 0 Å². The summed E-state index contributed by atoms with van der Waals surface area (Å²) in [7, 11) is 0. The van der Waals surface area contributed by atoms with Crippen LogP contribution in [0.25, 0.3) is 0 Å². The number of carbonyl (C=O) groups excluding carboxylic acids is 2. The van der Waals surface area contributed by atoms with Crippen molar-refractivity contribution in [3.05, 3.63) is 45.7 Å². The summed E-state index contributed by atoms with van der Waals surface area (Å²) < 4.78 is 13.2. The van der Waals surface area contributed by atoms with E-state index in [4.69, 9.17) is 5.73 Å². The second kappa shape index (κ2) is 8.62. The summed E-state index contributed by atoms with van der Waals surface area (Å²) in [5, 5.41) is 8.63. The molecule has 3 heterocycles. The number of rotatable bonds is 3. The molecule has 2 aromatic rings. The van der Waals surface area contributed by atoms with Gasteiger partial charge >= 0.3 is 6.03 Å². The number of aromatic nitrogens is 1. The van der Waals surface area contributed by atoms with Crippen LogP contribution in [0.5, 0.6) is 0 Å². The van der Waals surface area contributed by atoms with Gasteiger partial charge in [0, 0.05) is 24.3 Å². The van der Waals surface area contributed by atoms with E-state index in [1.54, 1.807) is 6.07 Å². The maximum absolute atomic E-state index is 13.2. The number of halogens is 1. The minimum Gasteiger partial charge on any atom is -0.351 e. The van der Waals surface area contributed by atoms with Gasteiger partial charge in [0.25, 0.3) is 5.91 Å². The highest BCUT2D eigenvalue weighted by atomic mass is 32.1. The third kappa shape index (κ3) is 5.26. The molecule has 5 N–H and O–H groups in total. The van der Waals surface area contributed by atoms with Gasteiger partial charge in [-0.25, -0.2) is 9.18 Å². The van der Waals surface area contributed by atoms with Gasteiger partial charge < -0.3 is 21.7 Å². The molecule has 1 aliphatic rings. The van der Waals surface area contributed by atoms with Gasteiger partial charge in [0.2, 0.25) is 0 Å². The summed E-state index contributed by atoms with van der Waals surface area (Å²) in [6, 6.07) is 2.10. The Balaban J connectivity index is 1.82. The molecule has 1 aliphatic heterocycles. The molecule has 2 aromatic heterocycles. The number of anilines is 1. The molecule has 0 aliphatic carbocycles. The highest BCUT2D eigenvalue weighted by Gasteiger charge is 2.21. The summed E-state index contributed by atoms with van der Waals surface area (Å²) in [6.45, 7) is 1.64. The molecule has 1 saturated heterocycles. The number of carbonyl (C=O) groups is 2. The van der Waals surface area contributed by atoms with E-state index in [1.165, 1.54) is 12.3 Å². The van der Waals surface area contributed by atoms with E-state index in [-0.39, 0.29) is 11.9 Å². The molecule has 0 spiro atoms. The van der Waals surface area contributed by atoms with Gasteiger partial charge in [-0.3, -0.25) is 9.78 Å². The number of nitrogens with zero attached hydrogens (tertiary/aromatic N) is 1. The summed E-state index contributed by atoms with van der Waals surface area (Å²) in [4.78, 5) is 28.5. The number of pyridine rings is 1. The standard InChI is InChI=1S/C18H18FN5O2S/c19-12-6-11(8-22-9-12)3-4-14-7-15(24-18(20)26)16(27-14)17(25)23-13-2-1-5-21-10-13/h6-9,13,21H,1-2,5,10H2,(H,23,25)(H3,20,24,26). The van der Waals surface area contributed by atoms with E-state index in [0.29, 0.717) is 27.5 Å². The average molecular weight is 387 g/mol. The predicted molar refractivity (Wildman–Crippen MR) is 101 cm³/mol. The lowest BCUT2D eigenvalue weighted by Gasteiger charge is -2.23. The molecule has 1 unspecified atom stereocenters. The van der Waals surface area contributed by atoms with Crippen molar-refractivity contribution in [3.63, 3.8) is 0 Å². The molecule has 3 rings (SSSR count). The van der Waals surface area contributed by atoms with Crippen molar-refractivity contribution in [2.24, 2.45) is 5.73 Å². The lowest BCUT2D eigenvalue weighted by atomic mass is 10.1. The Hall–Kier alpha value is -2.96. The number of primary amides is 1. The fourth-order valence-electron chi connectivity index (χ4n) is 2.69. The van der Waals surface area contributed by atoms with Gasteiger partial charge in [0.15, 0.2) is 0 Å². The molecule has 3 amide bonds. The topological polar surface area (TPSA) is 109 Å². The van der Waals surface area contributed by atoms with E-state index < -0.39 is 11.8 Å². The molecular weight excluding hydrogens is 369 g/mol. The lowest BCUT2D eigenvalue weighted by molar-refractivity contribution is 0.0935. The minimum atomic E-state index is -0.768. The lowest BCUT2D eigenvalue weighted by Crippen LogP contribution is -2.45. The van der Waals surface area contributed by atoms with Gasteiger partial charge in [-0.1, -0.05) is 11.8 Å². The number of amides is 3. The molecule has 7 nitrogen and oxygen atoms in total. The van der Waals surface area contributed by atoms with Crippen LogP contribution in [0.15, 0.2) is 24.5 Å². The van der Waals surface area contributed by atoms with Crippen molar-refractivity contribution in [2.45, 2.75) is 18.9 Å². The van der Waals surface area contributed by atoms with Crippen molar-refractivity contribution in [1.29, 1.82) is 0 Å². The maximum atomic E-state index is 13.2. The van der Waals surface area contributed by atoms with Gasteiger partial charge in [-0.05, 0) is 31.5 Å². The van der Waals surface area contributed by atoms with Crippen LogP contribution >= 0.6 is 11.3 Å². The zero-order valence-electron chi connectivity index (χ0n) is 14.3. The van der Waals surface area contributed by atoms with Crippen LogP contribution < -0.4 is 21.7 Å². The van der Waals surface area contributed by atoms with E-state index in [1.807, 2.05) is 0 Å². The van der Waals surface area contributed by atoms with Crippen LogP contribution in [0.2, 0.25) is 0 Å². The number of urea groups is 1. The first kappa shape index (κ1) is 18.8. The second-order valence-electron chi connectivity index (χ2n) is 6.00. The molecule has 27 heavy (non-hydrogen) atoms. The highest BCUT2D eigenvalue weighted by molar-refractivity contribution is 7.15. The van der Waals surface area contributed by atoms with E-state index in [2.05, 4.69) is 32.8 Å². The Labute approximate surface area is 159 Å². The Kier molecular flexibility index (Phi) is 6.01. The summed E-state index contributed by atoms with van der Waals surface area (Å²) in [5.74, 6) is 4.87. The fraction of sp³-hybridized carbons (Fsp3) is 0.278. The van der Waals surface area contributed by atoms with E-state index in [9.17, 15) is 14.0 Å². The Bertz CT molecular complexity index is 912. The predicted octanol–water partition coefficient (Wildman–Crippen LogP) is 1.65. The summed E-state index contributed by atoms with van der Waals surface area (Å²) >= 11 is 1.13. The highest BCUT2D eigenvalue weighted by Crippen LogP contribution is 2.27. The quantitative estimate of drug-likeness (QED) is 0.601. The van der Waals surface area contributed by atoms with Crippen molar-refractivity contribution in [2.75, 3.05) is 18.4 Å². The molecule has 0 aromatic carbocycles. The molecule has 1 fully saturated rings. The Morgan fingerprint density at radius 2 is 2.19 bits per heavy atom. The second-order valence-corrected chi connectivity index (χ2v) is 7.05. The van der Waals surface area contributed by atoms with E-state index in [0.717, 1.165) is 36.9 Å². The smallest absolute Gasteiger partial charge is 0.316 e. The normalized spacial score (nSPS) is 16.1. The molecule has 1 atom stereocenters. The average Bonchev–Trinajstić information content (AvgIpc) is 3.03. The summed E-state index contributed by atoms with van der Waals surface area (Å²) in [5.41, 5.74) is 5.91. The largest absolute Gasteiger partial charge is 0.351 e. The van der Waals surface area contributed by atoms with Crippen LogP contribution in [0, 0.1) is 17.7 Å². The Morgan fingerprint density at radius 1 is 1.33 bits per heavy atom. The third-order valence-corrected chi connectivity index (χ3v) is 4.91. The first-order valence-corrected chi connectivity index (χ1v) is 9.17. The molecule has 140 valence electrons. The summed E-state index contributed by atoms with van der Waals surface area (Å²) in [6.07, 6.45) is 4.41. The zero-order chi connectivity index (χ0) is 19.2. The number of nitrogens with two attached hydrogens (primary N) is 1. The van der Waals surface area contributed by atoms with Crippen molar-refractivity contribution in [1.82, 2.24) is 15.6 Å². The van der Waals surface area contributed by atoms with Gasteiger partial charge in [0.05, 0.1) is 16.8 Å². The Morgan fingerprint density at radius 3 is 2.89 bits per heavy atom. The van der Waals surface area contributed by atoms with Gasteiger partial charge in [-0.15, -0.1) is 11.3 Å². The number of nitrogens with one attached hydrogen (secondary N) is 3. The van der Waals surface area contributed by atoms with Crippen LogP contribution in [0.4, 0.5) is 14.9 Å². The zero-order valence-corrected chi connectivity index (χ0v) is 15.2. The number of piperidine rings is 1. The van der Waals surface area contributed by atoms with Crippen molar-refractivity contribution < 1.29 is 14.0 Å². The molecule has 0 saturated carbocycles. The van der Waals surface area contributed by atoms with Gasteiger partial charge in [0.1, 0.15) is 10.7 Å². The molecule has 9 heteroatoms. The first-order chi connectivity index (χ1) is 13.0. The fourth-order valence-corrected chi connectivity index (χ4v) is 3.56. The SMILES string of the molecule is NC(=O)Nc1cc(C#Cc2cncc(F)c2)sc1C(=O)NC1CCCNC1. The third-order valence-electron chi connectivity index (χ3n) is 3.86. The molecule has 0 bridgehead atoms. The van der Waals surface area contributed by atoms with Crippen LogP contribution in [-0.2, 0) is 0 Å². The van der Waals surface area contributed by atoms with E-state index >= 15 is 0 Å². The minimum absolute atomic E-state index is 0.0303. The monoisotopic (exact) mass is 387 g/mol. The number of thiophene rings is 1.